The van der Waals surface area contributed by atoms with Crippen molar-refractivity contribution >= 4 is 5.82 Å². The molecule has 2 aromatic rings. The zero-order chi connectivity index (χ0) is 14.7. The van der Waals surface area contributed by atoms with E-state index in [1.807, 2.05) is 6.07 Å². The lowest BCUT2D eigenvalue weighted by molar-refractivity contribution is 0.668. The smallest absolute Gasteiger partial charge is 0.144 e. The van der Waals surface area contributed by atoms with E-state index in [0.29, 0.717) is 12.1 Å². The summed E-state index contributed by atoms with van der Waals surface area (Å²) in [5.74, 6) is 0.721. The fourth-order valence-corrected chi connectivity index (χ4v) is 2.75. The Labute approximate surface area is 125 Å². The van der Waals surface area contributed by atoms with Gasteiger partial charge in [0.2, 0.25) is 0 Å². The van der Waals surface area contributed by atoms with Crippen molar-refractivity contribution in [1.29, 1.82) is 5.26 Å². The van der Waals surface area contributed by atoms with Crippen molar-refractivity contribution in [3.8, 4) is 6.07 Å². The molecule has 1 aliphatic rings. The number of aromatic nitrogens is 1. The molecule has 1 N–H and O–H groups in total. The highest BCUT2D eigenvalue weighted by molar-refractivity contribution is 5.55. The lowest BCUT2D eigenvalue weighted by atomic mass is 9.95. The van der Waals surface area contributed by atoms with Crippen molar-refractivity contribution in [2.24, 2.45) is 0 Å². The minimum atomic E-state index is 0.655. The summed E-state index contributed by atoms with van der Waals surface area (Å²) in [6.45, 7) is 2.77. The summed E-state index contributed by atoms with van der Waals surface area (Å²) >= 11 is 0. The third-order valence-electron chi connectivity index (χ3n) is 4.00. The van der Waals surface area contributed by atoms with E-state index in [0.717, 1.165) is 24.4 Å². The fraction of sp³-hybridized carbons (Fsp3) is 0.333. The molecule has 1 aromatic carbocycles. The fourth-order valence-electron chi connectivity index (χ4n) is 2.75. The van der Waals surface area contributed by atoms with Gasteiger partial charge >= 0.3 is 0 Å². The molecule has 0 bridgehead atoms. The molecule has 106 valence electrons. The molecule has 0 unspecified atom stereocenters. The maximum atomic E-state index is 9.32. The van der Waals surface area contributed by atoms with Crippen LogP contribution in [0, 0.1) is 18.3 Å². The number of fused-ring (bicyclic) bond motifs is 1. The van der Waals surface area contributed by atoms with E-state index in [-0.39, 0.29) is 0 Å². The average Bonchev–Trinajstić information content (AvgIpc) is 2.53. The van der Waals surface area contributed by atoms with Gasteiger partial charge in [-0.15, -0.1) is 0 Å². The topological polar surface area (TPSA) is 48.7 Å². The number of pyridine rings is 1. The quantitative estimate of drug-likeness (QED) is 0.929. The molecule has 1 aliphatic carbocycles. The Bertz CT molecular complexity index is 681. The van der Waals surface area contributed by atoms with Crippen LogP contribution in [-0.2, 0) is 19.4 Å². The predicted octanol–water partition coefficient (Wildman–Crippen LogP) is 3.75. The van der Waals surface area contributed by atoms with Crippen molar-refractivity contribution in [2.75, 3.05) is 5.32 Å². The van der Waals surface area contributed by atoms with Crippen LogP contribution in [0.5, 0.6) is 0 Å². The van der Waals surface area contributed by atoms with Gasteiger partial charge in [0.1, 0.15) is 11.9 Å². The third-order valence-corrected chi connectivity index (χ3v) is 4.00. The molecule has 0 spiro atoms. The number of aryl methyl sites for hydroxylation is 3. The molecule has 3 rings (SSSR count). The van der Waals surface area contributed by atoms with Crippen molar-refractivity contribution in [3.05, 3.63) is 58.3 Å². The van der Waals surface area contributed by atoms with Gasteiger partial charge in [-0.05, 0) is 49.8 Å². The normalized spacial score (nSPS) is 13.3. The van der Waals surface area contributed by atoms with Crippen LogP contribution < -0.4 is 5.32 Å². The number of anilines is 1. The second-order valence-electron chi connectivity index (χ2n) is 5.65. The lowest BCUT2D eigenvalue weighted by Crippen LogP contribution is -2.10. The molecule has 0 fully saturated rings. The number of hydrogen-bond donors (Lipinski definition) is 1. The van der Waals surface area contributed by atoms with Gasteiger partial charge in [0.15, 0.2) is 0 Å². The summed E-state index contributed by atoms with van der Waals surface area (Å²) < 4.78 is 0. The summed E-state index contributed by atoms with van der Waals surface area (Å²) in [6, 6.07) is 12.7. The Hall–Kier alpha value is -2.34. The maximum absolute atomic E-state index is 9.32. The van der Waals surface area contributed by atoms with E-state index in [9.17, 15) is 5.26 Å². The molecule has 21 heavy (non-hydrogen) atoms. The summed E-state index contributed by atoms with van der Waals surface area (Å²) in [7, 11) is 0. The van der Waals surface area contributed by atoms with Crippen molar-refractivity contribution < 1.29 is 0 Å². The van der Waals surface area contributed by atoms with Crippen LogP contribution in [0.2, 0.25) is 0 Å². The monoisotopic (exact) mass is 277 g/mol. The third kappa shape index (κ3) is 3.05. The van der Waals surface area contributed by atoms with E-state index in [1.165, 1.54) is 29.5 Å². The van der Waals surface area contributed by atoms with Crippen molar-refractivity contribution in [1.82, 2.24) is 4.98 Å². The number of hydrogen-bond acceptors (Lipinski definition) is 3. The largest absolute Gasteiger partial charge is 0.365 e. The summed E-state index contributed by atoms with van der Waals surface area (Å²) in [6.07, 6.45) is 4.48. The minimum absolute atomic E-state index is 0.655. The van der Waals surface area contributed by atoms with Crippen molar-refractivity contribution in [3.63, 3.8) is 0 Å². The van der Waals surface area contributed by atoms with E-state index in [2.05, 4.69) is 47.6 Å². The van der Waals surface area contributed by atoms with Gasteiger partial charge in [-0.1, -0.05) is 29.8 Å². The van der Waals surface area contributed by atoms with Gasteiger partial charge in [0, 0.05) is 12.2 Å². The zero-order valence-electron chi connectivity index (χ0n) is 12.3. The van der Waals surface area contributed by atoms with Crippen LogP contribution in [0.1, 0.15) is 40.8 Å². The minimum Gasteiger partial charge on any atom is -0.365 e. The molecule has 1 aromatic heterocycles. The first kappa shape index (κ1) is 13.6. The molecule has 1 heterocycles. The SMILES string of the molecule is Cc1ccc(CNc2nc3c(cc2C#N)CCCC3)cc1. The highest BCUT2D eigenvalue weighted by atomic mass is 15.0. The van der Waals surface area contributed by atoms with Crippen LogP contribution in [0.25, 0.3) is 0 Å². The number of rotatable bonds is 3. The summed E-state index contributed by atoms with van der Waals surface area (Å²) in [5.41, 5.74) is 5.51. The van der Waals surface area contributed by atoms with E-state index in [1.54, 1.807) is 0 Å². The Morgan fingerprint density at radius 2 is 1.95 bits per heavy atom. The van der Waals surface area contributed by atoms with Gasteiger partial charge in [0.25, 0.3) is 0 Å². The van der Waals surface area contributed by atoms with Gasteiger partial charge in [0.05, 0.1) is 5.56 Å². The van der Waals surface area contributed by atoms with E-state index >= 15 is 0 Å². The van der Waals surface area contributed by atoms with Crippen LogP contribution in [-0.4, -0.2) is 4.98 Å². The van der Waals surface area contributed by atoms with Crippen LogP contribution in [0.3, 0.4) is 0 Å². The molecule has 3 nitrogen and oxygen atoms in total. The predicted molar refractivity (Wildman–Crippen MR) is 84.1 cm³/mol. The van der Waals surface area contributed by atoms with Gasteiger partial charge in [-0.3, -0.25) is 0 Å². The Balaban J connectivity index is 1.81. The Morgan fingerprint density at radius 1 is 1.19 bits per heavy atom. The second kappa shape index (κ2) is 5.97. The molecule has 3 heteroatoms. The van der Waals surface area contributed by atoms with Crippen LogP contribution >= 0.6 is 0 Å². The average molecular weight is 277 g/mol. The molecule has 0 aliphatic heterocycles. The summed E-state index contributed by atoms with van der Waals surface area (Å²) in [4.78, 5) is 4.68. The van der Waals surface area contributed by atoms with Gasteiger partial charge < -0.3 is 5.32 Å². The standard InChI is InChI=1S/C18H19N3/c1-13-6-8-14(9-7-13)12-20-18-16(11-19)10-15-4-2-3-5-17(15)21-18/h6-10H,2-5,12H2,1H3,(H,20,21). The van der Waals surface area contributed by atoms with Crippen molar-refractivity contribution in [2.45, 2.75) is 39.2 Å². The first-order valence-corrected chi connectivity index (χ1v) is 7.48. The molecule has 0 saturated carbocycles. The van der Waals surface area contributed by atoms with Crippen LogP contribution in [0.15, 0.2) is 30.3 Å². The van der Waals surface area contributed by atoms with E-state index < -0.39 is 0 Å². The number of nitrogens with zero attached hydrogens (tertiary/aromatic N) is 2. The summed E-state index contributed by atoms with van der Waals surface area (Å²) in [5, 5.41) is 12.6. The highest BCUT2D eigenvalue weighted by Crippen LogP contribution is 2.24. The second-order valence-corrected chi connectivity index (χ2v) is 5.65. The molecular formula is C18H19N3. The molecule has 0 radical (unpaired) electrons. The molecule has 0 saturated heterocycles. The van der Waals surface area contributed by atoms with E-state index in [4.69, 9.17) is 0 Å². The highest BCUT2D eigenvalue weighted by Gasteiger charge is 2.14. The molecule has 0 amide bonds. The number of nitriles is 1. The number of nitrogens with one attached hydrogen (secondary N) is 1. The molecular weight excluding hydrogens is 258 g/mol. The number of benzene rings is 1. The Morgan fingerprint density at radius 3 is 2.71 bits per heavy atom. The van der Waals surface area contributed by atoms with Gasteiger partial charge in [-0.2, -0.15) is 5.26 Å². The van der Waals surface area contributed by atoms with Crippen LogP contribution in [0.4, 0.5) is 5.82 Å². The lowest BCUT2D eigenvalue weighted by Gasteiger charge is -2.17. The first-order valence-electron chi connectivity index (χ1n) is 7.48. The first-order chi connectivity index (χ1) is 10.3. The maximum Gasteiger partial charge on any atom is 0.144 e. The Kier molecular flexibility index (Phi) is 3.87. The van der Waals surface area contributed by atoms with Gasteiger partial charge in [-0.25, -0.2) is 4.98 Å². The zero-order valence-corrected chi connectivity index (χ0v) is 12.3. The molecule has 0 atom stereocenters.